The lowest BCUT2D eigenvalue weighted by atomic mass is 9.77. The second-order valence-corrected chi connectivity index (χ2v) is 13.3. The molecule has 2 aromatic rings. The lowest BCUT2D eigenvalue weighted by Gasteiger charge is -2.28. The van der Waals surface area contributed by atoms with E-state index in [9.17, 15) is 14.7 Å². The average Bonchev–Trinajstić information content (AvgIpc) is 3.06. The molecule has 1 N–H and O–H groups in total. The van der Waals surface area contributed by atoms with Gasteiger partial charge in [-0.05, 0) is 74.1 Å². The molecule has 0 heterocycles. The maximum atomic E-state index is 12.4. The first kappa shape index (κ1) is 36.3. The van der Waals surface area contributed by atoms with Crippen LogP contribution in [0.25, 0.3) is 11.1 Å². The Morgan fingerprint density at radius 3 is 1.84 bits per heavy atom. The number of esters is 2. The lowest BCUT2D eigenvalue weighted by Crippen LogP contribution is -2.24. The van der Waals surface area contributed by atoms with Gasteiger partial charge in [-0.25, -0.2) is 9.59 Å². The summed E-state index contributed by atoms with van der Waals surface area (Å²) in [4.78, 5) is 24.5. The Hall–Kier alpha value is -3.18. The van der Waals surface area contributed by atoms with Gasteiger partial charge in [0, 0.05) is 11.5 Å². The molecule has 1 aliphatic rings. The number of aliphatic hydroxyl groups is 1. The Labute approximate surface area is 272 Å². The van der Waals surface area contributed by atoms with E-state index in [1.54, 1.807) is 6.92 Å². The Morgan fingerprint density at radius 1 is 0.778 bits per heavy atom. The third kappa shape index (κ3) is 12.6. The molecule has 5 nitrogen and oxygen atoms in total. The largest absolute Gasteiger partial charge is 0.462 e. The van der Waals surface area contributed by atoms with E-state index in [0.29, 0.717) is 12.0 Å². The fraction of sp³-hybridized carbons (Fsp3) is 0.550. The molecule has 5 heteroatoms. The molecule has 45 heavy (non-hydrogen) atoms. The monoisotopic (exact) mass is 616 g/mol. The molecule has 0 spiro atoms. The first-order valence-corrected chi connectivity index (χ1v) is 17.1. The SMILES string of the molecule is C=C(CO)C(=O)OCC(COC(=O)C(C)=C(C)C)Cc1ccc(-c2ccc(CCC3CCC(CCCCCC)CC3)cc2)cc1. The van der Waals surface area contributed by atoms with Crippen LogP contribution in [0.1, 0.15) is 103 Å². The summed E-state index contributed by atoms with van der Waals surface area (Å²) >= 11 is 0. The standard InChI is InChI=1S/C40H56O5/c1-6-7-8-9-10-32-11-13-33(14-12-32)15-16-34-17-21-37(22-18-34)38-23-19-35(20-24-38)25-36(27-44-39(42)30(4)26-41)28-45-40(43)31(5)29(2)3/h17-24,32-33,36,41H,4,6-16,25-28H2,1-3,5H3. The molecule has 0 aliphatic heterocycles. The van der Waals surface area contributed by atoms with Gasteiger partial charge in [0.1, 0.15) is 0 Å². The molecule has 0 bridgehead atoms. The topological polar surface area (TPSA) is 72.8 Å². The molecule has 2 aromatic carbocycles. The van der Waals surface area contributed by atoms with Crippen LogP contribution in [0.2, 0.25) is 0 Å². The smallest absolute Gasteiger partial charge is 0.335 e. The fourth-order valence-electron chi connectivity index (χ4n) is 6.10. The van der Waals surface area contributed by atoms with E-state index in [1.807, 2.05) is 13.8 Å². The van der Waals surface area contributed by atoms with Crippen LogP contribution in [-0.2, 0) is 31.9 Å². The molecule has 1 fully saturated rings. The third-order valence-corrected chi connectivity index (χ3v) is 9.48. The van der Waals surface area contributed by atoms with Crippen LogP contribution in [0.4, 0.5) is 0 Å². The number of aryl methyl sites for hydroxylation is 1. The maximum Gasteiger partial charge on any atom is 0.335 e. The first-order valence-electron chi connectivity index (χ1n) is 17.1. The van der Waals surface area contributed by atoms with E-state index < -0.39 is 12.6 Å². The molecule has 1 atom stereocenters. The molecular formula is C40H56O5. The summed E-state index contributed by atoms with van der Waals surface area (Å²) in [7, 11) is 0. The van der Waals surface area contributed by atoms with E-state index >= 15 is 0 Å². The van der Waals surface area contributed by atoms with Crippen LogP contribution in [-0.4, -0.2) is 36.9 Å². The van der Waals surface area contributed by atoms with E-state index in [1.165, 1.54) is 75.3 Å². The van der Waals surface area contributed by atoms with Crippen molar-refractivity contribution in [2.75, 3.05) is 19.8 Å². The lowest BCUT2D eigenvalue weighted by molar-refractivity contribution is -0.144. The summed E-state index contributed by atoms with van der Waals surface area (Å²) < 4.78 is 10.9. The Morgan fingerprint density at radius 2 is 1.31 bits per heavy atom. The summed E-state index contributed by atoms with van der Waals surface area (Å²) in [5, 5.41) is 9.18. The van der Waals surface area contributed by atoms with Crippen LogP contribution < -0.4 is 0 Å². The minimum Gasteiger partial charge on any atom is -0.462 e. The summed E-state index contributed by atoms with van der Waals surface area (Å²) in [6, 6.07) is 17.4. The first-order chi connectivity index (χ1) is 21.7. The molecular weight excluding hydrogens is 560 g/mol. The molecule has 246 valence electrons. The summed E-state index contributed by atoms with van der Waals surface area (Å²) in [6.07, 6.45) is 15.7. The zero-order valence-corrected chi connectivity index (χ0v) is 28.2. The number of hydrogen-bond acceptors (Lipinski definition) is 5. The van der Waals surface area contributed by atoms with Gasteiger partial charge in [0.25, 0.3) is 0 Å². The van der Waals surface area contributed by atoms with Crippen molar-refractivity contribution in [3.63, 3.8) is 0 Å². The summed E-state index contributed by atoms with van der Waals surface area (Å²) in [5.74, 6) is 0.600. The van der Waals surface area contributed by atoms with Crippen LogP contribution in [0.3, 0.4) is 0 Å². The maximum absolute atomic E-state index is 12.4. The predicted octanol–water partition coefficient (Wildman–Crippen LogP) is 9.21. The highest BCUT2D eigenvalue weighted by Crippen LogP contribution is 2.34. The number of allylic oxidation sites excluding steroid dienone is 1. The van der Waals surface area contributed by atoms with Crippen molar-refractivity contribution >= 4 is 11.9 Å². The van der Waals surface area contributed by atoms with Gasteiger partial charge in [-0.2, -0.15) is 0 Å². The van der Waals surface area contributed by atoms with E-state index in [2.05, 4.69) is 62.0 Å². The van der Waals surface area contributed by atoms with Crippen molar-refractivity contribution in [2.24, 2.45) is 17.8 Å². The van der Waals surface area contributed by atoms with Crippen LogP contribution in [0.5, 0.6) is 0 Å². The van der Waals surface area contributed by atoms with Gasteiger partial charge in [0.05, 0.1) is 25.4 Å². The van der Waals surface area contributed by atoms with E-state index in [0.717, 1.165) is 35.0 Å². The van der Waals surface area contributed by atoms with Gasteiger partial charge in [-0.3, -0.25) is 0 Å². The highest BCUT2D eigenvalue weighted by molar-refractivity contribution is 5.88. The molecule has 1 saturated carbocycles. The third-order valence-electron chi connectivity index (χ3n) is 9.48. The Balaban J connectivity index is 1.51. The number of ether oxygens (including phenoxy) is 2. The molecule has 3 rings (SSSR count). The van der Waals surface area contributed by atoms with Gasteiger partial charge in [0.15, 0.2) is 0 Å². The molecule has 0 aromatic heterocycles. The second-order valence-electron chi connectivity index (χ2n) is 13.3. The zero-order valence-electron chi connectivity index (χ0n) is 28.2. The number of rotatable bonds is 18. The van der Waals surface area contributed by atoms with Gasteiger partial charge in [-0.15, -0.1) is 0 Å². The zero-order chi connectivity index (χ0) is 32.6. The molecule has 0 amide bonds. The number of carbonyl (C=O) groups excluding carboxylic acids is 2. The van der Waals surface area contributed by atoms with Crippen molar-refractivity contribution in [2.45, 2.75) is 105 Å². The van der Waals surface area contributed by atoms with Crippen LogP contribution >= 0.6 is 0 Å². The van der Waals surface area contributed by atoms with Crippen LogP contribution in [0.15, 0.2) is 71.8 Å². The number of aliphatic hydroxyl groups excluding tert-OH is 1. The van der Waals surface area contributed by atoms with Crippen molar-refractivity contribution in [3.05, 3.63) is 83.0 Å². The van der Waals surface area contributed by atoms with E-state index in [4.69, 9.17) is 9.47 Å². The Bertz CT molecular complexity index is 1230. The number of hydrogen-bond donors (Lipinski definition) is 1. The highest BCUT2D eigenvalue weighted by Gasteiger charge is 2.21. The fourth-order valence-corrected chi connectivity index (χ4v) is 6.10. The van der Waals surface area contributed by atoms with Gasteiger partial charge >= 0.3 is 11.9 Å². The average molecular weight is 617 g/mol. The Kier molecular flexibility index (Phi) is 15.6. The second kappa shape index (κ2) is 19.4. The van der Waals surface area contributed by atoms with Crippen molar-refractivity contribution in [1.29, 1.82) is 0 Å². The summed E-state index contributed by atoms with van der Waals surface area (Å²) in [6.45, 7) is 11.0. The summed E-state index contributed by atoms with van der Waals surface area (Å²) in [5.41, 5.74) is 6.28. The minimum absolute atomic E-state index is 0.00266. The molecule has 0 radical (unpaired) electrons. The highest BCUT2D eigenvalue weighted by atomic mass is 16.5. The molecule has 1 aliphatic carbocycles. The van der Waals surface area contributed by atoms with Crippen molar-refractivity contribution in [3.8, 4) is 11.1 Å². The number of carbonyl (C=O) groups is 2. The number of unbranched alkanes of at least 4 members (excludes halogenated alkanes) is 3. The van der Waals surface area contributed by atoms with Crippen LogP contribution in [0, 0.1) is 17.8 Å². The van der Waals surface area contributed by atoms with Gasteiger partial charge in [-0.1, -0.05) is 125 Å². The molecule has 0 saturated heterocycles. The number of benzene rings is 2. The van der Waals surface area contributed by atoms with Gasteiger partial charge < -0.3 is 14.6 Å². The van der Waals surface area contributed by atoms with Crippen molar-refractivity contribution < 1.29 is 24.2 Å². The van der Waals surface area contributed by atoms with E-state index in [-0.39, 0.29) is 30.7 Å². The normalized spacial score (nSPS) is 16.9. The minimum atomic E-state index is -0.645. The quantitative estimate of drug-likeness (QED) is 0.103. The predicted molar refractivity (Wildman–Crippen MR) is 184 cm³/mol. The van der Waals surface area contributed by atoms with Crippen molar-refractivity contribution in [1.82, 2.24) is 0 Å². The molecule has 1 unspecified atom stereocenters. The van der Waals surface area contributed by atoms with Gasteiger partial charge in [0.2, 0.25) is 0 Å².